The van der Waals surface area contributed by atoms with Crippen molar-refractivity contribution in [3.8, 4) is 0 Å². The van der Waals surface area contributed by atoms with Crippen molar-refractivity contribution in [1.29, 1.82) is 0 Å². The minimum atomic E-state index is -0.749. The molecule has 0 aliphatic rings. The third-order valence-electron chi connectivity index (χ3n) is 0.823. The molecule has 0 aromatic rings. The molecule has 0 rings (SSSR count). The summed E-state index contributed by atoms with van der Waals surface area (Å²) in [6.45, 7) is 13.5. The summed E-state index contributed by atoms with van der Waals surface area (Å²) < 4.78 is 22.5. The molecule has 0 heterocycles. The van der Waals surface area contributed by atoms with E-state index in [0.29, 0.717) is 0 Å². The Morgan fingerprint density at radius 1 is 0.800 bits per heavy atom. The zero-order chi connectivity index (χ0) is 15.4. The number of carboxylic acid groups (broad SMARTS) is 2. The molecular formula is C9H10ClO7ReSe2-. The van der Waals surface area contributed by atoms with Gasteiger partial charge in [0.1, 0.15) is 0 Å². The van der Waals surface area contributed by atoms with E-state index >= 15 is 0 Å². The van der Waals surface area contributed by atoms with Crippen molar-refractivity contribution in [2.45, 2.75) is 21.3 Å². The van der Waals surface area contributed by atoms with Crippen molar-refractivity contribution in [3.63, 3.8) is 0 Å². The van der Waals surface area contributed by atoms with E-state index in [1.807, 2.05) is 0 Å². The first-order chi connectivity index (χ1) is 8.63. The second kappa shape index (κ2) is 42.7. The summed E-state index contributed by atoms with van der Waals surface area (Å²) in [5.74, 6) is -1.50. The maximum atomic E-state index is 10.1. The van der Waals surface area contributed by atoms with E-state index < -0.39 is 11.9 Å². The minimum absolute atomic E-state index is 0. The number of carbonyl (C=O) groups is 2. The molecule has 0 saturated carbocycles. The van der Waals surface area contributed by atoms with Gasteiger partial charge in [-0.1, -0.05) is 0 Å². The van der Waals surface area contributed by atoms with Gasteiger partial charge in [0.15, 0.2) is 0 Å². The molecule has 20 heavy (non-hydrogen) atoms. The third-order valence-corrected chi connectivity index (χ3v) is 6.09. The van der Waals surface area contributed by atoms with Gasteiger partial charge in [0.05, 0.1) is 0 Å². The van der Waals surface area contributed by atoms with Crippen molar-refractivity contribution >= 4 is 41.9 Å². The first kappa shape index (κ1) is 36.9. The average molecular weight is 610 g/mol. The topological polar surface area (TPSA) is 134 Å². The molecule has 0 aliphatic heterocycles. The van der Waals surface area contributed by atoms with Gasteiger partial charge in [0, 0.05) is 20.4 Å². The average Bonchev–Trinajstić information content (AvgIpc) is 2.40. The van der Waals surface area contributed by atoms with E-state index in [1.54, 1.807) is 0 Å². The largest absolute Gasteiger partial charge is 1.00 e. The summed E-state index contributed by atoms with van der Waals surface area (Å²) in [5, 5.41) is 18.9. The van der Waals surface area contributed by atoms with Crippen LogP contribution in [-0.4, -0.2) is 52.1 Å². The van der Waals surface area contributed by atoms with Crippen LogP contribution in [0.3, 0.4) is 0 Å². The minimum Gasteiger partial charge on any atom is -1.00 e. The van der Waals surface area contributed by atoms with Crippen LogP contribution in [0.1, 0.15) is 0 Å². The summed E-state index contributed by atoms with van der Waals surface area (Å²) in [6, 6.07) is 0. The van der Waals surface area contributed by atoms with E-state index in [0.717, 1.165) is 10.6 Å². The molecule has 0 bridgehead atoms. The van der Waals surface area contributed by atoms with E-state index in [9.17, 15) is 9.59 Å². The SMILES string of the molecule is O=C(O)C[Se]CC[Se]CC(=O)O.[C-]#[O+].[C-]#[O+].[C-]#[O+].[Cl-].[Re]. The van der Waals surface area contributed by atoms with Crippen LogP contribution in [0.15, 0.2) is 0 Å². The van der Waals surface area contributed by atoms with Crippen LogP contribution in [0.4, 0.5) is 0 Å². The molecular weight excluding hydrogens is 600 g/mol. The molecule has 0 unspecified atom stereocenters. The van der Waals surface area contributed by atoms with Crippen molar-refractivity contribution in [3.05, 3.63) is 20.0 Å². The maximum Gasteiger partial charge on any atom is 0 e. The van der Waals surface area contributed by atoms with E-state index in [-0.39, 0.29) is 73.4 Å². The molecule has 0 aromatic carbocycles. The van der Waals surface area contributed by atoms with Gasteiger partial charge in [0.25, 0.3) is 0 Å². The van der Waals surface area contributed by atoms with Gasteiger partial charge in [-0.05, 0) is 0 Å². The Bertz CT molecular complexity index is 238. The molecule has 11 heteroatoms. The molecule has 0 aromatic heterocycles. The summed E-state index contributed by atoms with van der Waals surface area (Å²) in [4.78, 5) is 20.1. The van der Waals surface area contributed by atoms with Crippen molar-refractivity contribution in [1.82, 2.24) is 0 Å². The molecule has 2 N–H and O–H groups in total. The fourth-order valence-corrected chi connectivity index (χ4v) is 4.84. The zero-order valence-corrected chi connectivity index (χ0v) is 16.7. The fraction of sp³-hybridized carbons (Fsp3) is 0.444. The number of aliphatic carboxylic acids is 2. The van der Waals surface area contributed by atoms with Gasteiger partial charge in [-0.2, -0.15) is 0 Å². The number of carboxylic acids is 2. The molecule has 115 valence electrons. The summed E-state index contributed by atoms with van der Waals surface area (Å²) in [6.07, 6.45) is 0. The second-order valence-electron chi connectivity index (χ2n) is 1.89. The fourth-order valence-electron chi connectivity index (χ4n) is 0.437. The van der Waals surface area contributed by atoms with Crippen molar-refractivity contribution < 1.29 is 66.6 Å². The van der Waals surface area contributed by atoms with Gasteiger partial charge in [-0.3, -0.25) is 0 Å². The first-order valence-electron chi connectivity index (χ1n) is 3.83. The number of hydrogen-bond donors (Lipinski definition) is 2. The standard InChI is InChI=1S/C6H10O4Se2.3CO.ClH.Re/c7-5(8)3-11-1-2-12-4-6(9)10;3*1-2;;/h1-4H2,(H,7,8)(H,9,10);;;;1H;/p-1. The molecule has 0 spiro atoms. The predicted molar refractivity (Wildman–Crippen MR) is 57.8 cm³/mol. The van der Waals surface area contributed by atoms with Crippen LogP contribution < -0.4 is 12.4 Å². The Morgan fingerprint density at radius 3 is 1.15 bits per heavy atom. The summed E-state index contributed by atoms with van der Waals surface area (Å²) in [5.41, 5.74) is 0. The van der Waals surface area contributed by atoms with E-state index in [2.05, 4.69) is 20.0 Å². The van der Waals surface area contributed by atoms with E-state index in [1.165, 1.54) is 0 Å². The quantitative estimate of drug-likeness (QED) is 0.139. The van der Waals surface area contributed by atoms with E-state index in [4.69, 9.17) is 24.2 Å². The van der Waals surface area contributed by atoms with Crippen molar-refractivity contribution in [2.24, 2.45) is 0 Å². The number of halogens is 1. The van der Waals surface area contributed by atoms with Gasteiger partial charge in [-0.15, -0.1) is 0 Å². The van der Waals surface area contributed by atoms with Crippen LogP contribution in [0, 0.1) is 20.0 Å². The summed E-state index contributed by atoms with van der Waals surface area (Å²) >= 11 is 0.318. The van der Waals surface area contributed by atoms with Crippen LogP contribution in [0.5, 0.6) is 0 Å². The Kier molecular flexibility index (Phi) is 78.9. The molecule has 0 saturated heterocycles. The van der Waals surface area contributed by atoms with Crippen LogP contribution >= 0.6 is 0 Å². The Labute approximate surface area is 149 Å². The number of hydrogen-bond acceptors (Lipinski definition) is 2. The molecule has 0 fully saturated rings. The third kappa shape index (κ3) is 63.8. The normalized spacial score (nSPS) is 6.10. The molecule has 7 nitrogen and oxygen atoms in total. The monoisotopic (exact) mass is 612 g/mol. The summed E-state index contributed by atoms with van der Waals surface area (Å²) in [7, 11) is 0. The molecule has 0 amide bonds. The first-order valence-corrected chi connectivity index (χ1v) is 8.67. The molecule has 1 radical (unpaired) electrons. The zero-order valence-electron chi connectivity index (χ0n) is 9.84. The van der Waals surface area contributed by atoms with Gasteiger partial charge in [-0.25, -0.2) is 0 Å². The smallest absolute Gasteiger partial charge is 0 e. The molecule has 0 atom stereocenters. The molecule has 0 aliphatic carbocycles. The van der Waals surface area contributed by atoms with Gasteiger partial charge in [0.2, 0.25) is 0 Å². The van der Waals surface area contributed by atoms with Gasteiger partial charge >= 0.3 is 117 Å². The van der Waals surface area contributed by atoms with Crippen LogP contribution in [-0.2, 0) is 44.0 Å². The Hall–Kier alpha value is 0.151. The second-order valence-corrected chi connectivity index (χ2v) is 6.53. The van der Waals surface area contributed by atoms with Crippen LogP contribution in [0.2, 0.25) is 21.3 Å². The number of rotatable bonds is 7. The predicted octanol–water partition coefficient (Wildman–Crippen LogP) is -2.87. The maximum absolute atomic E-state index is 10.1. The van der Waals surface area contributed by atoms with Crippen LogP contribution in [0.25, 0.3) is 0 Å². The van der Waals surface area contributed by atoms with Crippen molar-refractivity contribution in [2.75, 3.05) is 0 Å². The van der Waals surface area contributed by atoms with Gasteiger partial charge < -0.3 is 12.4 Å². The Balaban J connectivity index is -0.0000000540. The Morgan fingerprint density at radius 2 is 1.00 bits per heavy atom.